The molecular formula is C81H147NO13. The van der Waals surface area contributed by atoms with Crippen LogP contribution in [0.4, 0.5) is 0 Å². The minimum absolute atomic E-state index is 0.246. The second-order valence-corrected chi connectivity index (χ2v) is 27.8. The summed E-state index contributed by atoms with van der Waals surface area (Å²) in [4.78, 5) is 13.4. The fraction of sp³-hybridized carbons (Fsp3) is 0.840. The molecule has 95 heavy (non-hydrogen) atoms. The van der Waals surface area contributed by atoms with Gasteiger partial charge in [0.05, 0.1) is 32.0 Å². The summed E-state index contributed by atoms with van der Waals surface area (Å²) in [7, 11) is 0. The maximum atomic E-state index is 13.4. The molecule has 2 aliphatic heterocycles. The van der Waals surface area contributed by atoms with Gasteiger partial charge in [0, 0.05) is 6.42 Å². The summed E-state index contributed by atoms with van der Waals surface area (Å²) < 4.78 is 22.9. The molecule has 2 heterocycles. The van der Waals surface area contributed by atoms with Gasteiger partial charge in [-0.15, -0.1) is 0 Å². The first-order valence-electron chi connectivity index (χ1n) is 39.7. The van der Waals surface area contributed by atoms with Crippen LogP contribution in [-0.2, 0) is 23.7 Å². The van der Waals surface area contributed by atoms with Crippen LogP contribution in [0.25, 0.3) is 0 Å². The summed E-state index contributed by atoms with van der Waals surface area (Å²) in [5, 5.41) is 87.6. The van der Waals surface area contributed by atoms with Crippen LogP contribution >= 0.6 is 0 Å². The second-order valence-electron chi connectivity index (χ2n) is 27.8. The largest absolute Gasteiger partial charge is 0.394 e. The van der Waals surface area contributed by atoms with Crippen LogP contribution in [0.3, 0.4) is 0 Å². The molecule has 0 aromatic heterocycles. The van der Waals surface area contributed by atoms with E-state index in [2.05, 4.69) is 79.9 Å². The van der Waals surface area contributed by atoms with E-state index in [1.165, 1.54) is 250 Å². The van der Waals surface area contributed by atoms with Crippen LogP contribution in [0.1, 0.15) is 341 Å². The number of rotatable bonds is 66. The highest BCUT2D eigenvalue weighted by Crippen LogP contribution is 2.30. The predicted octanol–water partition coefficient (Wildman–Crippen LogP) is 17.7. The average molecular weight is 1340 g/mol. The minimum Gasteiger partial charge on any atom is -0.394 e. The summed E-state index contributed by atoms with van der Waals surface area (Å²) in [5.41, 5.74) is 0. The zero-order valence-corrected chi connectivity index (χ0v) is 60.7. The lowest BCUT2D eigenvalue weighted by atomic mass is 9.97. The molecule has 0 saturated carbocycles. The van der Waals surface area contributed by atoms with Gasteiger partial charge in [0.15, 0.2) is 12.6 Å². The number of ether oxygens (including phenoxy) is 4. The van der Waals surface area contributed by atoms with Crippen molar-refractivity contribution >= 4 is 5.91 Å². The number of carbonyl (C=O) groups excluding carboxylic acids is 1. The zero-order chi connectivity index (χ0) is 68.7. The second kappa shape index (κ2) is 64.8. The van der Waals surface area contributed by atoms with E-state index in [9.17, 15) is 45.6 Å². The Bertz CT molecular complexity index is 1870. The van der Waals surface area contributed by atoms with E-state index in [0.717, 1.165) is 57.8 Å². The van der Waals surface area contributed by atoms with E-state index in [1.807, 2.05) is 6.08 Å². The highest BCUT2D eigenvalue weighted by atomic mass is 16.7. The molecule has 14 heteroatoms. The van der Waals surface area contributed by atoms with Crippen LogP contribution in [0.15, 0.2) is 72.9 Å². The first-order chi connectivity index (χ1) is 46.6. The fourth-order valence-electron chi connectivity index (χ4n) is 12.9. The molecule has 2 aliphatic rings. The Labute approximate surface area is 580 Å². The van der Waals surface area contributed by atoms with Gasteiger partial charge in [0.2, 0.25) is 5.91 Å². The van der Waals surface area contributed by atoms with Crippen LogP contribution in [-0.4, -0.2) is 140 Å². The lowest BCUT2D eigenvalue weighted by Gasteiger charge is -2.46. The van der Waals surface area contributed by atoms with E-state index in [4.69, 9.17) is 18.9 Å². The third kappa shape index (κ3) is 48.0. The number of unbranched alkanes of at least 4 members (excludes halogenated alkanes) is 43. The molecule has 2 rings (SSSR count). The Balaban J connectivity index is 1.64. The molecule has 2 saturated heterocycles. The van der Waals surface area contributed by atoms with Crippen LogP contribution < -0.4 is 5.32 Å². The summed E-state index contributed by atoms with van der Waals surface area (Å²) >= 11 is 0. The van der Waals surface area contributed by atoms with Crippen molar-refractivity contribution in [2.75, 3.05) is 19.8 Å². The highest BCUT2D eigenvalue weighted by molar-refractivity contribution is 5.76. The molecule has 0 radical (unpaired) electrons. The SMILES string of the molecule is CC/C=C\C/C=C\C/C=C\C/C=C\CCCCCCCCCCCCCCCCCCC(=O)NC(COC1OC(CO)C(OC2OC(CO)C(O)C(O)C2O)C(O)C1O)C(O)/C=C/CC/C=C/CCCCCCCCCCCCCCCCCCCCCCCCCCCC. The van der Waals surface area contributed by atoms with Crippen molar-refractivity contribution in [2.24, 2.45) is 0 Å². The van der Waals surface area contributed by atoms with Gasteiger partial charge in [-0.1, -0.05) is 337 Å². The number of nitrogens with one attached hydrogen (secondary N) is 1. The highest BCUT2D eigenvalue weighted by Gasteiger charge is 2.51. The molecule has 14 nitrogen and oxygen atoms in total. The van der Waals surface area contributed by atoms with Gasteiger partial charge in [0.1, 0.15) is 48.8 Å². The van der Waals surface area contributed by atoms with Crippen LogP contribution in [0, 0.1) is 0 Å². The van der Waals surface area contributed by atoms with Crippen molar-refractivity contribution < 1.29 is 64.6 Å². The lowest BCUT2D eigenvalue weighted by Crippen LogP contribution is -2.65. The van der Waals surface area contributed by atoms with Crippen molar-refractivity contribution in [1.82, 2.24) is 5.32 Å². The lowest BCUT2D eigenvalue weighted by molar-refractivity contribution is -0.359. The third-order valence-electron chi connectivity index (χ3n) is 19.1. The molecule has 554 valence electrons. The summed E-state index contributed by atoms with van der Waals surface area (Å²) in [6, 6.07) is -0.936. The third-order valence-corrected chi connectivity index (χ3v) is 19.1. The molecule has 2 fully saturated rings. The smallest absolute Gasteiger partial charge is 0.220 e. The normalized spacial score (nSPS) is 22.7. The van der Waals surface area contributed by atoms with Gasteiger partial charge in [0.25, 0.3) is 0 Å². The monoisotopic (exact) mass is 1340 g/mol. The van der Waals surface area contributed by atoms with Gasteiger partial charge < -0.3 is 65.1 Å². The molecule has 12 unspecified atom stereocenters. The number of amides is 1. The maximum absolute atomic E-state index is 13.4. The number of hydrogen-bond acceptors (Lipinski definition) is 13. The van der Waals surface area contributed by atoms with Crippen molar-refractivity contribution in [1.29, 1.82) is 0 Å². The molecule has 0 aromatic rings. The predicted molar refractivity (Wildman–Crippen MR) is 392 cm³/mol. The van der Waals surface area contributed by atoms with Gasteiger partial charge in [-0.25, -0.2) is 0 Å². The van der Waals surface area contributed by atoms with Gasteiger partial charge in [-0.3, -0.25) is 4.79 Å². The van der Waals surface area contributed by atoms with Crippen molar-refractivity contribution in [2.45, 2.75) is 415 Å². The number of aliphatic hydroxyl groups is 8. The first-order valence-corrected chi connectivity index (χ1v) is 39.7. The van der Waals surface area contributed by atoms with E-state index in [1.54, 1.807) is 6.08 Å². The van der Waals surface area contributed by atoms with Gasteiger partial charge >= 0.3 is 0 Å². The number of aliphatic hydroxyl groups excluding tert-OH is 8. The Kier molecular flexibility index (Phi) is 60.4. The van der Waals surface area contributed by atoms with Crippen molar-refractivity contribution in [3.05, 3.63) is 72.9 Å². The van der Waals surface area contributed by atoms with Crippen LogP contribution in [0.2, 0.25) is 0 Å². The summed E-state index contributed by atoms with van der Waals surface area (Å²) in [5.74, 6) is -0.246. The van der Waals surface area contributed by atoms with Crippen LogP contribution in [0.5, 0.6) is 0 Å². The summed E-state index contributed by atoms with van der Waals surface area (Å²) in [6.07, 6.45) is 72.7. The Morgan fingerprint density at radius 1 is 0.389 bits per heavy atom. The standard InChI is InChI=1S/C81H147NO13/c1-3-5-7-9-11-13-15-17-19-21-23-25-27-29-31-33-34-35-37-38-40-42-44-46-48-50-52-54-56-58-60-62-64-70(85)69(68-92-80-78(91)76(89)79(72(67-84)94-80)95-81-77(90)75(88)74(87)71(66-83)93-81)82-73(86)65-63-61-59-57-55-53-51-49-47-45-43-41-39-36-32-30-28-26-24-22-20-18-16-14-12-10-8-6-4-2/h6,8,12,14,18,20,24,26,54,56,62,64,69-72,74-81,83-85,87-91H,3-5,7,9-11,13,15-17,19,21-23,25,27-53,55,57-61,63,65-68H2,1-2H3,(H,82,86)/b8-6-,14-12-,20-18-,26-24-,56-54+,64-62+. The molecule has 0 aromatic carbocycles. The molecule has 12 atom stereocenters. The Hall–Kier alpha value is -2.57. The van der Waals surface area contributed by atoms with E-state index in [0.29, 0.717) is 12.8 Å². The van der Waals surface area contributed by atoms with E-state index < -0.39 is 86.8 Å². The van der Waals surface area contributed by atoms with Crippen molar-refractivity contribution in [3.8, 4) is 0 Å². The van der Waals surface area contributed by atoms with Gasteiger partial charge in [-0.05, 0) is 70.6 Å². The first kappa shape index (κ1) is 88.5. The number of hydrogen-bond donors (Lipinski definition) is 9. The fourth-order valence-corrected chi connectivity index (χ4v) is 12.9. The maximum Gasteiger partial charge on any atom is 0.220 e. The molecule has 0 spiro atoms. The van der Waals surface area contributed by atoms with E-state index >= 15 is 0 Å². The molecule has 9 N–H and O–H groups in total. The van der Waals surface area contributed by atoms with E-state index in [-0.39, 0.29) is 18.9 Å². The summed E-state index contributed by atoms with van der Waals surface area (Å²) in [6.45, 7) is 2.72. The zero-order valence-electron chi connectivity index (χ0n) is 60.7. The molecule has 0 aliphatic carbocycles. The quantitative estimate of drug-likeness (QED) is 0.0204. The molecule has 1 amide bonds. The van der Waals surface area contributed by atoms with Crippen molar-refractivity contribution in [3.63, 3.8) is 0 Å². The average Bonchev–Trinajstić information content (AvgIpc) is 0.801. The molecular weight excluding hydrogens is 1190 g/mol. The topological polar surface area (TPSA) is 228 Å². The molecule has 0 bridgehead atoms. The van der Waals surface area contributed by atoms with Gasteiger partial charge in [-0.2, -0.15) is 0 Å². The Morgan fingerprint density at radius 3 is 1.16 bits per heavy atom. The minimum atomic E-state index is -1.79. The number of allylic oxidation sites excluding steroid dienone is 11. The number of carbonyl (C=O) groups is 1. The Morgan fingerprint density at radius 2 is 0.737 bits per heavy atom.